The van der Waals surface area contributed by atoms with Gasteiger partial charge in [0, 0.05) is 0 Å². The normalized spacial score (nSPS) is 15.6. The van der Waals surface area contributed by atoms with Gasteiger partial charge in [-0.15, -0.1) is 0 Å². The number of benzene rings is 2. The molecule has 3 nitrogen and oxygen atoms in total. The molecule has 1 N–H and O–H groups in total. The van der Waals surface area contributed by atoms with E-state index in [2.05, 4.69) is 5.32 Å². The molecule has 25 heavy (non-hydrogen) atoms. The second kappa shape index (κ2) is 7.74. The van der Waals surface area contributed by atoms with E-state index >= 15 is 0 Å². The van der Waals surface area contributed by atoms with Crippen molar-refractivity contribution in [3.05, 3.63) is 68.3 Å². The molecule has 1 amide bonds. The first-order valence-corrected chi connectivity index (χ1v) is 9.01. The third-order valence-electron chi connectivity index (χ3n) is 3.23. The first-order chi connectivity index (χ1) is 11.9. The zero-order valence-corrected chi connectivity index (χ0v) is 15.7. The number of amides is 1. The Bertz CT molecular complexity index is 879. The number of rotatable bonds is 4. The van der Waals surface area contributed by atoms with Crippen LogP contribution in [0.15, 0.2) is 41.3 Å². The molecule has 0 atom stereocenters. The van der Waals surface area contributed by atoms with Crippen molar-refractivity contribution < 1.29 is 13.9 Å². The summed E-state index contributed by atoms with van der Waals surface area (Å²) in [6.07, 6.45) is 1.65. The van der Waals surface area contributed by atoms with Crippen LogP contribution in [-0.2, 0) is 11.4 Å². The van der Waals surface area contributed by atoms with Crippen LogP contribution in [0.25, 0.3) is 6.08 Å². The van der Waals surface area contributed by atoms with Crippen molar-refractivity contribution in [2.75, 3.05) is 0 Å². The summed E-state index contributed by atoms with van der Waals surface area (Å²) in [6, 6.07) is 9.34. The minimum absolute atomic E-state index is 0.129. The molecule has 1 aliphatic heterocycles. The predicted molar refractivity (Wildman–Crippen MR) is 104 cm³/mol. The molecule has 128 valence electrons. The summed E-state index contributed by atoms with van der Waals surface area (Å²) in [6.45, 7) is 0.129. The highest BCUT2D eigenvalue weighted by Crippen LogP contribution is 2.36. The topological polar surface area (TPSA) is 38.3 Å². The van der Waals surface area contributed by atoms with Crippen LogP contribution >= 0.6 is 47.2 Å². The first-order valence-electron chi connectivity index (χ1n) is 7.03. The minimum Gasteiger partial charge on any atom is -0.486 e. The zero-order chi connectivity index (χ0) is 18.0. The number of halogens is 3. The van der Waals surface area contributed by atoms with Crippen molar-refractivity contribution in [2.24, 2.45) is 0 Å². The van der Waals surface area contributed by atoms with Gasteiger partial charge < -0.3 is 10.1 Å². The van der Waals surface area contributed by atoms with Crippen LogP contribution in [0.1, 0.15) is 11.1 Å². The van der Waals surface area contributed by atoms with E-state index in [0.717, 1.165) is 0 Å². The molecule has 0 spiro atoms. The van der Waals surface area contributed by atoms with Gasteiger partial charge in [-0.05, 0) is 41.5 Å². The molecule has 0 radical (unpaired) electrons. The monoisotopic (exact) mass is 413 g/mol. The molecule has 1 fully saturated rings. The number of hydrogen-bond acceptors (Lipinski definition) is 4. The van der Waals surface area contributed by atoms with Gasteiger partial charge in [0.05, 0.1) is 15.0 Å². The van der Waals surface area contributed by atoms with Gasteiger partial charge in [0.2, 0.25) is 0 Å². The molecule has 0 aromatic heterocycles. The fourth-order valence-electron chi connectivity index (χ4n) is 2.16. The quantitative estimate of drug-likeness (QED) is 0.551. The summed E-state index contributed by atoms with van der Waals surface area (Å²) in [4.78, 5) is 12.2. The maximum absolute atomic E-state index is 13.2. The van der Waals surface area contributed by atoms with Crippen molar-refractivity contribution >= 4 is 63.5 Å². The number of carbonyl (C=O) groups is 1. The SMILES string of the molecule is O=C1NC(=S)SC1=Cc1cc(Cl)c(OCc2cccc(F)c2)c(Cl)c1. The Morgan fingerprint density at radius 3 is 2.56 bits per heavy atom. The summed E-state index contributed by atoms with van der Waals surface area (Å²) < 4.78 is 19.2. The van der Waals surface area contributed by atoms with E-state index in [0.29, 0.717) is 36.1 Å². The van der Waals surface area contributed by atoms with E-state index in [4.69, 9.17) is 40.2 Å². The van der Waals surface area contributed by atoms with E-state index in [-0.39, 0.29) is 18.3 Å². The molecule has 0 aliphatic carbocycles. The first kappa shape index (κ1) is 18.2. The fourth-order valence-corrected chi connectivity index (χ4v) is 3.81. The standard InChI is InChI=1S/C17H10Cl2FNO2S2/c18-12-5-10(7-14-16(22)21-17(24)25-14)6-13(19)15(12)23-8-9-2-1-3-11(20)4-9/h1-7H,8H2,(H,21,22,24). The number of hydrogen-bond donors (Lipinski definition) is 1. The van der Waals surface area contributed by atoms with Gasteiger partial charge in [0.15, 0.2) is 5.75 Å². The van der Waals surface area contributed by atoms with E-state index in [1.54, 1.807) is 30.3 Å². The third kappa shape index (κ3) is 4.52. The lowest BCUT2D eigenvalue weighted by molar-refractivity contribution is -0.115. The second-order valence-corrected chi connectivity index (χ2v) is 7.62. The molecule has 2 aromatic rings. The van der Waals surface area contributed by atoms with Gasteiger partial charge >= 0.3 is 0 Å². The number of thioether (sulfide) groups is 1. The molecular weight excluding hydrogens is 404 g/mol. The minimum atomic E-state index is -0.342. The van der Waals surface area contributed by atoms with Crippen LogP contribution in [0, 0.1) is 5.82 Å². The molecule has 0 bridgehead atoms. The van der Waals surface area contributed by atoms with Gasteiger partial charge in [0.1, 0.15) is 16.7 Å². The van der Waals surface area contributed by atoms with Gasteiger partial charge in [-0.1, -0.05) is 59.3 Å². The predicted octanol–water partition coefficient (Wildman–Crippen LogP) is 5.20. The lowest BCUT2D eigenvalue weighted by Crippen LogP contribution is -2.17. The molecule has 1 aliphatic rings. The van der Waals surface area contributed by atoms with Crippen molar-refractivity contribution in [2.45, 2.75) is 6.61 Å². The van der Waals surface area contributed by atoms with Crippen molar-refractivity contribution in [1.29, 1.82) is 0 Å². The summed E-state index contributed by atoms with van der Waals surface area (Å²) >= 11 is 18.6. The molecule has 3 rings (SSSR count). The number of thiocarbonyl (C=S) groups is 1. The summed E-state index contributed by atoms with van der Waals surface area (Å²) in [5.41, 5.74) is 1.31. The number of nitrogens with one attached hydrogen (secondary N) is 1. The van der Waals surface area contributed by atoms with Crippen LogP contribution in [0.3, 0.4) is 0 Å². The Labute approximate surface area is 163 Å². The number of ether oxygens (including phenoxy) is 1. The van der Waals surface area contributed by atoms with Crippen molar-refractivity contribution in [1.82, 2.24) is 5.32 Å². The van der Waals surface area contributed by atoms with Crippen molar-refractivity contribution in [3.8, 4) is 5.75 Å². The zero-order valence-electron chi connectivity index (χ0n) is 12.5. The lowest BCUT2D eigenvalue weighted by atomic mass is 10.2. The summed E-state index contributed by atoms with van der Waals surface area (Å²) in [5.74, 6) is -0.298. The van der Waals surface area contributed by atoms with Crippen LogP contribution in [0.2, 0.25) is 10.0 Å². The van der Waals surface area contributed by atoms with E-state index < -0.39 is 0 Å². The summed E-state index contributed by atoms with van der Waals surface area (Å²) in [5, 5.41) is 3.12. The van der Waals surface area contributed by atoms with E-state index in [9.17, 15) is 9.18 Å². The Kier molecular flexibility index (Phi) is 5.64. The molecule has 1 saturated heterocycles. The van der Waals surface area contributed by atoms with Gasteiger partial charge in [-0.3, -0.25) is 4.79 Å². The molecule has 1 heterocycles. The average molecular weight is 414 g/mol. The highest BCUT2D eigenvalue weighted by atomic mass is 35.5. The molecular formula is C17H10Cl2FNO2S2. The van der Waals surface area contributed by atoms with Gasteiger partial charge in [-0.2, -0.15) is 0 Å². The van der Waals surface area contributed by atoms with Gasteiger partial charge in [-0.25, -0.2) is 4.39 Å². The Hall–Kier alpha value is -1.60. The lowest BCUT2D eigenvalue weighted by Gasteiger charge is -2.11. The van der Waals surface area contributed by atoms with Gasteiger partial charge in [0.25, 0.3) is 5.91 Å². The smallest absolute Gasteiger partial charge is 0.263 e. The Balaban J connectivity index is 1.80. The van der Waals surface area contributed by atoms with Crippen LogP contribution < -0.4 is 10.1 Å². The Morgan fingerprint density at radius 1 is 1.24 bits per heavy atom. The fraction of sp³-hybridized carbons (Fsp3) is 0.0588. The van der Waals surface area contributed by atoms with Crippen molar-refractivity contribution in [3.63, 3.8) is 0 Å². The number of carbonyl (C=O) groups excluding carboxylic acids is 1. The molecule has 2 aromatic carbocycles. The maximum Gasteiger partial charge on any atom is 0.263 e. The van der Waals surface area contributed by atoms with E-state index in [1.807, 2.05) is 0 Å². The van der Waals surface area contributed by atoms with E-state index in [1.165, 1.54) is 23.9 Å². The molecule has 8 heteroatoms. The largest absolute Gasteiger partial charge is 0.486 e. The Morgan fingerprint density at radius 2 is 1.96 bits per heavy atom. The average Bonchev–Trinajstić information content (AvgIpc) is 2.84. The van der Waals surface area contributed by atoms with Crippen LogP contribution in [-0.4, -0.2) is 10.2 Å². The van der Waals surface area contributed by atoms with Crippen LogP contribution in [0.5, 0.6) is 5.75 Å². The molecule has 0 saturated carbocycles. The second-order valence-electron chi connectivity index (χ2n) is 5.08. The summed E-state index contributed by atoms with van der Waals surface area (Å²) in [7, 11) is 0. The maximum atomic E-state index is 13.2. The highest BCUT2D eigenvalue weighted by molar-refractivity contribution is 8.26. The third-order valence-corrected chi connectivity index (χ3v) is 4.96. The highest BCUT2D eigenvalue weighted by Gasteiger charge is 2.22. The molecule has 0 unspecified atom stereocenters. The van der Waals surface area contributed by atoms with Crippen LogP contribution in [0.4, 0.5) is 4.39 Å².